The zero-order valence-corrected chi connectivity index (χ0v) is 13.2. The fourth-order valence-electron chi connectivity index (χ4n) is 2.14. The largest absolute Gasteiger partial charge is 0.302 e. The molecular weight excluding hydrogens is 286 g/mol. The molecule has 0 amide bonds. The summed E-state index contributed by atoms with van der Waals surface area (Å²) in [6.45, 7) is 6.18. The number of benzene rings is 1. The lowest BCUT2D eigenvalue weighted by Gasteiger charge is -2.18. The third-order valence-corrected chi connectivity index (χ3v) is 4.70. The topological polar surface area (TPSA) is 68.1 Å². The summed E-state index contributed by atoms with van der Waals surface area (Å²) < 4.78 is 0. The Morgan fingerprint density at radius 3 is 2.76 bits per heavy atom. The molecule has 0 aliphatic carbocycles. The van der Waals surface area contributed by atoms with Crippen LogP contribution >= 0.6 is 11.3 Å². The van der Waals surface area contributed by atoms with E-state index in [0.717, 1.165) is 17.0 Å². The van der Waals surface area contributed by atoms with Crippen LogP contribution in [0.1, 0.15) is 48.3 Å². The number of nitro benzene ring substituents is 1. The van der Waals surface area contributed by atoms with Gasteiger partial charge in [0.1, 0.15) is 5.01 Å². The minimum Gasteiger partial charge on any atom is -0.302 e. The Kier molecular flexibility index (Phi) is 5.03. The van der Waals surface area contributed by atoms with Crippen LogP contribution in [0.25, 0.3) is 0 Å². The molecule has 0 radical (unpaired) electrons. The molecule has 5 nitrogen and oxygen atoms in total. The number of thiazole rings is 1. The zero-order valence-electron chi connectivity index (χ0n) is 12.4. The van der Waals surface area contributed by atoms with Crippen LogP contribution in [0, 0.1) is 10.1 Å². The minimum atomic E-state index is -0.367. The van der Waals surface area contributed by atoms with E-state index in [-0.39, 0.29) is 22.7 Å². The van der Waals surface area contributed by atoms with E-state index in [1.807, 2.05) is 19.2 Å². The summed E-state index contributed by atoms with van der Waals surface area (Å²) in [5.74, 6) is 0. The smallest absolute Gasteiger partial charge is 0.269 e. The number of nitro groups is 1. The van der Waals surface area contributed by atoms with Gasteiger partial charge in [-0.2, -0.15) is 0 Å². The van der Waals surface area contributed by atoms with Crippen LogP contribution in [0.15, 0.2) is 30.5 Å². The first-order valence-corrected chi connectivity index (χ1v) is 7.78. The molecule has 0 aliphatic rings. The molecule has 2 rings (SSSR count). The normalized spacial score (nSPS) is 13.9. The second-order valence-corrected chi connectivity index (χ2v) is 6.13. The maximum absolute atomic E-state index is 10.8. The van der Waals surface area contributed by atoms with Crippen molar-refractivity contribution in [3.63, 3.8) is 0 Å². The Morgan fingerprint density at radius 1 is 1.38 bits per heavy atom. The Bertz CT molecular complexity index is 627. The molecule has 0 aliphatic heterocycles. The molecule has 6 heteroatoms. The second-order valence-electron chi connectivity index (χ2n) is 4.98. The first-order chi connectivity index (χ1) is 10.0. The van der Waals surface area contributed by atoms with Gasteiger partial charge in [-0.15, -0.1) is 11.3 Å². The summed E-state index contributed by atoms with van der Waals surface area (Å²) >= 11 is 1.70. The fraction of sp³-hybridized carbons (Fsp3) is 0.400. The van der Waals surface area contributed by atoms with Crippen molar-refractivity contribution in [2.75, 3.05) is 0 Å². The molecule has 1 aromatic heterocycles. The van der Waals surface area contributed by atoms with E-state index in [1.54, 1.807) is 23.5 Å². The Balaban J connectivity index is 2.08. The maximum atomic E-state index is 10.8. The number of nitrogens with one attached hydrogen (secondary N) is 1. The SMILES string of the molecule is CCc1cnc(C(C)NC(C)c2cccc([N+](=O)[O-])c2)s1. The second kappa shape index (κ2) is 6.78. The Labute approximate surface area is 128 Å². The highest BCUT2D eigenvalue weighted by atomic mass is 32.1. The molecular formula is C15H19N3O2S. The molecule has 1 aromatic carbocycles. The average molecular weight is 305 g/mol. The van der Waals surface area contributed by atoms with Crippen molar-refractivity contribution in [1.29, 1.82) is 0 Å². The van der Waals surface area contributed by atoms with Gasteiger partial charge in [-0.1, -0.05) is 19.1 Å². The molecule has 0 fully saturated rings. The molecule has 0 saturated carbocycles. The Morgan fingerprint density at radius 2 is 2.14 bits per heavy atom. The number of nitrogens with zero attached hydrogens (tertiary/aromatic N) is 2. The van der Waals surface area contributed by atoms with E-state index in [2.05, 4.69) is 24.1 Å². The van der Waals surface area contributed by atoms with E-state index < -0.39 is 0 Å². The fourth-order valence-corrected chi connectivity index (χ4v) is 3.01. The first kappa shape index (κ1) is 15.6. The predicted octanol–water partition coefficient (Wildman–Crippen LogP) is 4.03. The van der Waals surface area contributed by atoms with Gasteiger partial charge in [0.25, 0.3) is 5.69 Å². The number of rotatable bonds is 6. The van der Waals surface area contributed by atoms with Crippen molar-refractivity contribution in [3.8, 4) is 0 Å². The summed E-state index contributed by atoms with van der Waals surface area (Å²) in [4.78, 5) is 16.2. The van der Waals surface area contributed by atoms with Crippen LogP contribution in [-0.2, 0) is 6.42 Å². The van der Waals surface area contributed by atoms with Gasteiger partial charge in [-0.25, -0.2) is 4.98 Å². The highest BCUT2D eigenvalue weighted by molar-refractivity contribution is 7.11. The molecule has 0 spiro atoms. The van der Waals surface area contributed by atoms with E-state index in [1.165, 1.54) is 10.9 Å². The van der Waals surface area contributed by atoms with E-state index in [4.69, 9.17) is 0 Å². The highest BCUT2D eigenvalue weighted by Gasteiger charge is 2.16. The third kappa shape index (κ3) is 3.86. The molecule has 0 saturated heterocycles. The summed E-state index contributed by atoms with van der Waals surface area (Å²) in [7, 11) is 0. The number of aryl methyl sites for hydroxylation is 1. The summed E-state index contributed by atoms with van der Waals surface area (Å²) in [5.41, 5.74) is 1.03. The lowest BCUT2D eigenvalue weighted by atomic mass is 10.1. The third-order valence-electron chi connectivity index (χ3n) is 3.37. The standard InChI is InChI=1S/C15H19N3O2S/c1-4-14-9-16-15(21-14)11(3)17-10(2)12-6-5-7-13(8-12)18(19)20/h5-11,17H,4H2,1-3H3. The van der Waals surface area contributed by atoms with Gasteiger partial charge in [-0.3, -0.25) is 10.1 Å². The lowest BCUT2D eigenvalue weighted by Crippen LogP contribution is -2.22. The molecule has 1 N–H and O–H groups in total. The predicted molar refractivity (Wildman–Crippen MR) is 84.6 cm³/mol. The van der Waals surface area contributed by atoms with Crippen LogP contribution < -0.4 is 5.32 Å². The number of aromatic nitrogens is 1. The molecule has 21 heavy (non-hydrogen) atoms. The minimum absolute atomic E-state index is 0.0221. The monoisotopic (exact) mass is 305 g/mol. The van der Waals surface area contributed by atoms with Crippen molar-refractivity contribution < 1.29 is 4.92 Å². The van der Waals surface area contributed by atoms with Crippen LogP contribution in [0.4, 0.5) is 5.69 Å². The van der Waals surface area contributed by atoms with Crippen molar-refractivity contribution in [3.05, 3.63) is 56.0 Å². The summed E-state index contributed by atoms with van der Waals surface area (Å²) in [6, 6.07) is 6.88. The summed E-state index contributed by atoms with van der Waals surface area (Å²) in [5, 5.41) is 15.3. The number of hydrogen-bond donors (Lipinski definition) is 1. The maximum Gasteiger partial charge on any atom is 0.269 e. The van der Waals surface area contributed by atoms with Gasteiger partial charge in [0.05, 0.1) is 11.0 Å². The van der Waals surface area contributed by atoms with Gasteiger partial charge in [0, 0.05) is 29.2 Å². The Hall–Kier alpha value is -1.79. The van der Waals surface area contributed by atoms with Crippen molar-refractivity contribution in [2.45, 2.75) is 39.3 Å². The van der Waals surface area contributed by atoms with Gasteiger partial charge >= 0.3 is 0 Å². The number of hydrogen-bond acceptors (Lipinski definition) is 5. The van der Waals surface area contributed by atoms with Gasteiger partial charge in [-0.05, 0) is 25.8 Å². The molecule has 2 unspecified atom stereocenters. The van der Waals surface area contributed by atoms with Gasteiger partial charge in [0.2, 0.25) is 0 Å². The zero-order chi connectivity index (χ0) is 15.4. The quantitative estimate of drug-likeness (QED) is 0.646. The first-order valence-electron chi connectivity index (χ1n) is 6.96. The van der Waals surface area contributed by atoms with Crippen LogP contribution in [0.5, 0.6) is 0 Å². The molecule has 2 atom stereocenters. The van der Waals surface area contributed by atoms with Crippen LogP contribution in [0.3, 0.4) is 0 Å². The van der Waals surface area contributed by atoms with E-state index >= 15 is 0 Å². The van der Waals surface area contributed by atoms with Crippen molar-refractivity contribution in [1.82, 2.24) is 10.3 Å². The van der Waals surface area contributed by atoms with Gasteiger partial charge in [0.15, 0.2) is 0 Å². The highest BCUT2D eigenvalue weighted by Crippen LogP contribution is 2.25. The van der Waals surface area contributed by atoms with Gasteiger partial charge < -0.3 is 5.32 Å². The molecule has 0 bridgehead atoms. The van der Waals surface area contributed by atoms with Crippen LogP contribution in [-0.4, -0.2) is 9.91 Å². The van der Waals surface area contributed by atoms with Crippen LogP contribution in [0.2, 0.25) is 0 Å². The van der Waals surface area contributed by atoms with E-state index in [9.17, 15) is 10.1 Å². The molecule has 112 valence electrons. The lowest BCUT2D eigenvalue weighted by molar-refractivity contribution is -0.384. The van der Waals surface area contributed by atoms with Crippen molar-refractivity contribution >= 4 is 17.0 Å². The molecule has 2 aromatic rings. The average Bonchev–Trinajstić information content (AvgIpc) is 2.96. The van der Waals surface area contributed by atoms with E-state index in [0.29, 0.717) is 0 Å². The summed E-state index contributed by atoms with van der Waals surface area (Å²) in [6.07, 6.45) is 2.90. The van der Waals surface area contributed by atoms with Crippen molar-refractivity contribution in [2.24, 2.45) is 0 Å². The number of non-ortho nitro benzene ring substituents is 1. The molecule has 1 heterocycles.